The van der Waals surface area contributed by atoms with Crippen LogP contribution in [0, 0.1) is 0 Å². The summed E-state index contributed by atoms with van der Waals surface area (Å²) >= 11 is 0. The molecular formula is C16H25NO. The summed E-state index contributed by atoms with van der Waals surface area (Å²) in [6.07, 6.45) is 7.21. The molecule has 18 heavy (non-hydrogen) atoms. The molecule has 2 rings (SSSR count). The van der Waals surface area contributed by atoms with E-state index in [9.17, 15) is 0 Å². The second-order valence-corrected chi connectivity index (χ2v) is 5.54. The van der Waals surface area contributed by atoms with E-state index in [0.29, 0.717) is 6.10 Å². The van der Waals surface area contributed by atoms with Crippen molar-refractivity contribution >= 4 is 0 Å². The maximum atomic E-state index is 6.20. The monoisotopic (exact) mass is 247 g/mol. The highest BCUT2D eigenvalue weighted by molar-refractivity contribution is 5.35. The highest BCUT2D eigenvalue weighted by Gasteiger charge is 2.12. The summed E-state index contributed by atoms with van der Waals surface area (Å²) in [4.78, 5) is 0. The zero-order chi connectivity index (χ0) is 13.0. The first-order valence-electron chi connectivity index (χ1n) is 7.08. The van der Waals surface area contributed by atoms with Crippen molar-refractivity contribution in [3.8, 4) is 0 Å². The van der Waals surface area contributed by atoms with E-state index < -0.39 is 0 Å². The van der Waals surface area contributed by atoms with Crippen molar-refractivity contribution in [3.63, 3.8) is 0 Å². The Kier molecular flexibility index (Phi) is 4.79. The normalized spacial score (nSPS) is 17.5. The lowest BCUT2D eigenvalue weighted by Crippen LogP contribution is -2.24. The van der Waals surface area contributed by atoms with Crippen LogP contribution in [-0.4, -0.2) is 19.3 Å². The predicted molar refractivity (Wildman–Crippen MR) is 75.9 cm³/mol. The number of hydrogen-bond acceptors (Lipinski definition) is 2. The van der Waals surface area contributed by atoms with Crippen LogP contribution in [0.2, 0.25) is 0 Å². The van der Waals surface area contributed by atoms with Gasteiger partial charge < -0.3 is 10.5 Å². The van der Waals surface area contributed by atoms with E-state index in [1.54, 1.807) is 18.2 Å². The molecule has 0 fully saturated rings. The Morgan fingerprint density at radius 2 is 2.00 bits per heavy atom. The van der Waals surface area contributed by atoms with E-state index in [1.807, 2.05) is 0 Å². The molecule has 2 nitrogen and oxygen atoms in total. The van der Waals surface area contributed by atoms with Crippen LogP contribution in [0.25, 0.3) is 0 Å². The molecule has 1 aromatic rings. The Bertz CT molecular complexity index is 389. The highest BCUT2D eigenvalue weighted by atomic mass is 16.5. The molecule has 2 heteroatoms. The molecule has 0 aromatic heterocycles. The number of fused-ring (bicyclic) bond motifs is 1. The Balaban J connectivity index is 1.85. The quantitative estimate of drug-likeness (QED) is 0.839. The minimum absolute atomic E-state index is 0.252. The van der Waals surface area contributed by atoms with Gasteiger partial charge in [-0.05, 0) is 62.1 Å². The standard InChI is InChI=1S/C16H25NO/c1-12(18-2)6-9-16(17)11-13-7-8-14-4-3-5-15(14)10-13/h7-8,10,12,16H,3-6,9,11,17H2,1-2H3. The van der Waals surface area contributed by atoms with E-state index in [4.69, 9.17) is 10.5 Å². The van der Waals surface area contributed by atoms with Gasteiger partial charge in [0.15, 0.2) is 0 Å². The van der Waals surface area contributed by atoms with Crippen LogP contribution in [-0.2, 0) is 24.0 Å². The third-order valence-corrected chi connectivity index (χ3v) is 4.01. The fourth-order valence-corrected chi connectivity index (χ4v) is 2.72. The number of rotatable bonds is 6. The van der Waals surface area contributed by atoms with E-state index >= 15 is 0 Å². The molecule has 2 N–H and O–H groups in total. The van der Waals surface area contributed by atoms with Crippen LogP contribution in [0.5, 0.6) is 0 Å². The third kappa shape index (κ3) is 3.56. The summed E-state index contributed by atoms with van der Waals surface area (Å²) in [6.45, 7) is 2.10. The molecule has 0 saturated carbocycles. The van der Waals surface area contributed by atoms with Crippen molar-refractivity contribution < 1.29 is 4.74 Å². The van der Waals surface area contributed by atoms with Crippen LogP contribution in [0.3, 0.4) is 0 Å². The minimum Gasteiger partial charge on any atom is -0.382 e. The second kappa shape index (κ2) is 6.35. The number of hydrogen-bond donors (Lipinski definition) is 1. The van der Waals surface area contributed by atoms with E-state index in [2.05, 4.69) is 25.1 Å². The van der Waals surface area contributed by atoms with Gasteiger partial charge in [0.25, 0.3) is 0 Å². The number of nitrogens with two attached hydrogens (primary N) is 1. The first-order chi connectivity index (χ1) is 8.69. The molecule has 100 valence electrons. The lowest BCUT2D eigenvalue weighted by Gasteiger charge is -2.15. The third-order valence-electron chi connectivity index (χ3n) is 4.01. The van der Waals surface area contributed by atoms with Gasteiger partial charge in [-0.15, -0.1) is 0 Å². The van der Waals surface area contributed by atoms with Gasteiger partial charge in [0.1, 0.15) is 0 Å². The highest BCUT2D eigenvalue weighted by Crippen LogP contribution is 2.23. The Hall–Kier alpha value is -0.860. The lowest BCUT2D eigenvalue weighted by molar-refractivity contribution is 0.107. The molecule has 1 aliphatic rings. The molecule has 2 atom stereocenters. The molecule has 1 aromatic carbocycles. The summed E-state index contributed by atoms with van der Waals surface area (Å²) in [5.41, 5.74) is 10.7. The maximum absolute atomic E-state index is 6.20. The van der Waals surface area contributed by atoms with Crippen molar-refractivity contribution in [2.75, 3.05) is 7.11 Å². The number of methoxy groups -OCH3 is 1. The Morgan fingerprint density at radius 3 is 2.78 bits per heavy atom. The summed E-state index contributed by atoms with van der Waals surface area (Å²) in [6, 6.07) is 7.16. The van der Waals surface area contributed by atoms with Crippen molar-refractivity contribution in [2.45, 2.75) is 57.6 Å². The molecule has 0 amide bonds. The SMILES string of the molecule is COC(C)CCC(N)Cc1ccc2c(c1)CCC2. The van der Waals surface area contributed by atoms with Gasteiger partial charge in [0, 0.05) is 13.2 Å². The largest absolute Gasteiger partial charge is 0.382 e. The van der Waals surface area contributed by atoms with Crippen LogP contribution < -0.4 is 5.73 Å². The summed E-state index contributed by atoms with van der Waals surface area (Å²) < 4.78 is 5.26. The van der Waals surface area contributed by atoms with Gasteiger partial charge in [0.2, 0.25) is 0 Å². The number of ether oxygens (including phenoxy) is 1. The van der Waals surface area contributed by atoms with E-state index in [0.717, 1.165) is 19.3 Å². The summed E-state index contributed by atoms with van der Waals surface area (Å²) in [5.74, 6) is 0. The fraction of sp³-hybridized carbons (Fsp3) is 0.625. The average Bonchev–Trinajstić information content (AvgIpc) is 2.83. The smallest absolute Gasteiger partial charge is 0.0543 e. The molecule has 0 bridgehead atoms. The molecular weight excluding hydrogens is 222 g/mol. The molecule has 0 heterocycles. The molecule has 2 unspecified atom stereocenters. The van der Waals surface area contributed by atoms with Gasteiger partial charge in [0.05, 0.1) is 6.10 Å². The van der Waals surface area contributed by atoms with Crippen molar-refractivity contribution in [1.82, 2.24) is 0 Å². The molecule has 1 aliphatic carbocycles. The van der Waals surface area contributed by atoms with Gasteiger partial charge in [-0.2, -0.15) is 0 Å². The zero-order valence-corrected chi connectivity index (χ0v) is 11.6. The first kappa shape index (κ1) is 13.6. The van der Waals surface area contributed by atoms with Crippen molar-refractivity contribution in [3.05, 3.63) is 34.9 Å². The average molecular weight is 247 g/mol. The van der Waals surface area contributed by atoms with Gasteiger partial charge in [-0.25, -0.2) is 0 Å². The molecule has 0 spiro atoms. The maximum Gasteiger partial charge on any atom is 0.0543 e. The van der Waals surface area contributed by atoms with Crippen LogP contribution in [0.15, 0.2) is 18.2 Å². The predicted octanol–water partition coefficient (Wildman–Crippen LogP) is 2.86. The minimum atomic E-state index is 0.252. The molecule has 0 saturated heterocycles. The molecule has 0 radical (unpaired) electrons. The summed E-state index contributed by atoms with van der Waals surface area (Å²) in [5, 5.41) is 0. The topological polar surface area (TPSA) is 35.2 Å². The van der Waals surface area contributed by atoms with Crippen LogP contribution in [0.4, 0.5) is 0 Å². The van der Waals surface area contributed by atoms with E-state index in [1.165, 1.54) is 24.8 Å². The van der Waals surface area contributed by atoms with Crippen molar-refractivity contribution in [2.24, 2.45) is 5.73 Å². The van der Waals surface area contributed by atoms with Crippen LogP contribution >= 0.6 is 0 Å². The summed E-state index contributed by atoms with van der Waals surface area (Å²) in [7, 11) is 1.76. The Labute approximate surface area is 111 Å². The Morgan fingerprint density at radius 1 is 1.22 bits per heavy atom. The second-order valence-electron chi connectivity index (χ2n) is 5.54. The zero-order valence-electron chi connectivity index (χ0n) is 11.6. The van der Waals surface area contributed by atoms with Crippen LogP contribution in [0.1, 0.15) is 42.9 Å². The van der Waals surface area contributed by atoms with Gasteiger partial charge in [-0.1, -0.05) is 18.2 Å². The van der Waals surface area contributed by atoms with Crippen molar-refractivity contribution in [1.29, 1.82) is 0 Å². The van der Waals surface area contributed by atoms with Gasteiger partial charge in [-0.3, -0.25) is 0 Å². The van der Waals surface area contributed by atoms with E-state index in [-0.39, 0.29) is 6.04 Å². The molecule has 0 aliphatic heterocycles. The first-order valence-corrected chi connectivity index (χ1v) is 7.08. The fourth-order valence-electron chi connectivity index (χ4n) is 2.72. The van der Waals surface area contributed by atoms with Gasteiger partial charge >= 0.3 is 0 Å². The number of benzene rings is 1. The number of aryl methyl sites for hydroxylation is 2. The lowest BCUT2D eigenvalue weighted by atomic mass is 9.98.